The highest BCUT2D eigenvalue weighted by Gasteiger charge is 2.05. The topological polar surface area (TPSA) is 46.0 Å². The van der Waals surface area contributed by atoms with E-state index in [1.165, 1.54) is 5.56 Å². The van der Waals surface area contributed by atoms with E-state index in [1.807, 2.05) is 60.7 Å². The molecule has 0 fully saturated rings. The van der Waals surface area contributed by atoms with Gasteiger partial charge in [0.2, 0.25) is 9.93 Å². The molecule has 3 rings (SSSR count). The molecule has 0 amide bonds. The first-order valence-corrected chi connectivity index (χ1v) is 8.82. The van der Waals surface area contributed by atoms with Crippen molar-refractivity contribution in [3.05, 3.63) is 82.6 Å². The van der Waals surface area contributed by atoms with E-state index in [1.54, 1.807) is 22.7 Å². The lowest BCUT2D eigenvalue weighted by Gasteiger charge is -2.00. The van der Waals surface area contributed by atoms with Crippen LogP contribution in [0.2, 0.25) is 0 Å². The highest BCUT2D eigenvalue weighted by atomic mass is 32.2. The summed E-state index contributed by atoms with van der Waals surface area (Å²) in [6, 6.07) is 20.3. The van der Waals surface area contributed by atoms with Crippen LogP contribution in [0.15, 0.2) is 77.0 Å². The average molecular weight is 352 g/mol. The molecule has 0 saturated carbocycles. The summed E-state index contributed by atoms with van der Waals surface area (Å²) in [4.78, 5) is 0. The Hall–Kier alpha value is -2.44. The molecule has 0 atom stereocenters. The second kappa shape index (κ2) is 8.42. The lowest BCUT2D eigenvalue weighted by atomic mass is 10.2. The smallest absolute Gasteiger partial charge is 0.217 e. The lowest BCUT2D eigenvalue weighted by molar-refractivity contribution is 0.759. The highest BCUT2D eigenvalue weighted by Crippen LogP contribution is 2.20. The Kier molecular flexibility index (Phi) is 5.76. The predicted molar refractivity (Wildman–Crippen MR) is 103 cm³/mol. The van der Waals surface area contributed by atoms with Gasteiger partial charge in [-0.15, -0.1) is 5.10 Å². The summed E-state index contributed by atoms with van der Waals surface area (Å²) in [5.74, 6) is 0.815. The van der Waals surface area contributed by atoms with E-state index in [0.29, 0.717) is 4.77 Å². The maximum Gasteiger partial charge on any atom is 0.217 e. The van der Waals surface area contributed by atoms with Crippen LogP contribution in [-0.4, -0.2) is 21.1 Å². The zero-order chi connectivity index (χ0) is 16.6. The summed E-state index contributed by atoms with van der Waals surface area (Å²) in [5, 5.41) is 12.2. The van der Waals surface area contributed by atoms with Crippen molar-refractivity contribution in [2.24, 2.45) is 5.10 Å². The molecular formula is C18H16N4S2. The summed E-state index contributed by atoms with van der Waals surface area (Å²) >= 11 is 6.83. The molecule has 0 spiro atoms. The van der Waals surface area contributed by atoms with Gasteiger partial charge in [-0.3, -0.25) is 0 Å². The maximum absolute atomic E-state index is 5.24. The second-order valence-corrected chi connectivity index (χ2v) is 6.26. The normalized spacial score (nSPS) is 11.5. The van der Waals surface area contributed by atoms with Crippen LogP contribution in [-0.2, 0) is 5.75 Å². The van der Waals surface area contributed by atoms with Crippen LogP contribution in [0, 0.1) is 4.77 Å². The molecule has 120 valence electrons. The Morgan fingerprint density at radius 3 is 2.54 bits per heavy atom. The number of allylic oxidation sites excluding steroid dienone is 1. The van der Waals surface area contributed by atoms with E-state index in [0.717, 1.165) is 16.5 Å². The largest absolute Gasteiger partial charge is 0.249 e. The average Bonchev–Trinajstić information content (AvgIpc) is 2.99. The first kappa shape index (κ1) is 16.4. The summed E-state index contributed by atoms with van der Waals surface area (Å²) in [6.45, 7) is 0. The third-order valence-corrected chi connectivity index (χ3v) is 4.45. The van der Waals surface area contributed by atoms with Crippen molar-refractivity contribution in [1.82, 2.24) is 14.9 Å². The van der Waals surface area contributed by atoms with E-state index >= 15 is 0 Å². The van der Waals surface area contributed by atoms with Crippen molar-refractivity contribution in [2.45, 2.75) is 10.9 Å². The minimum atomic E-state index is 0.481. The van der Waals surface area contributed by atoms with Crippen molar-refractivity contribution in [3.63, 3.8) is 0 Å². The van der Waals surface area contributed by atoms with Gasteiger partial charge >= 0.3 is 0 Å². The number of rotatable bonds is 6. The van der Waals surface area contributed by atoms with Crippen LogP contribution < -0.4 is 0 Å². The van der Waals surface area contributed by atoms with Crippen LogP contribution >= 0.6 is 24.0 Å². The lowest BCUT2D eigenvalue weighted by Crippen LogP contribution is -1.92. The SMILES string of the molecule is S=c1[nH]nc(SCc2ccccc2)n1/N=C\C=C\c1ccccc1. The van der Waals surface area contributed by atoms with Gasteiger partial charge in [-0.1, -0.05) is 78.5 Å². The second-order valence-electron chi connectivity index (χ2n) is 4.93. The van der Waals surface area contributed by atoms with Gasteiger partial charge in [0.1, 0.15) is 0 Å². The molecule has 1 heterocycles. The molecule has 4 nitrogen and oxygen atoms in total. The van der Waals surface area contributed by atoms with Gasteiger partial charge in [-0.05, 0) is 29.4 Å². The number of aromatic amines is 1. The van der Waals surface area contributed by atoms with Crippen LogP contribution in [0.3, 0.4) is 0 Å². The third-order valence-electron chi connectivity index (χ3n) is 3.19. The molecule has 1 N–H and O–H groups in total. The van der Waals surface area contributed by atoms with Crippen molar-refractivity contribution in [2.75, 3.05) is 0 Å². The maximum atomic E-state index is 5.24. The number of aromatic nitrogens is 3. The van der Waals surface area contributed by atoms with Crippen LogP contribution in [0.4, 0.5) is 0 Å². The number of hydrogen-bond donors (Lipinski definition) is 1. The first-order chi connectivity index (χ1) is 11.8. The number of H-pyrrole nitrogens is 1. The summed E-state index contributed by atoms with van der Waals surface area (Å²) < 4.78 is 2.12. The zero-order valence-corrected chi connectivity index (χ0v) is 14.5. The van der Waals surface area contributed by atoms with Crippen LogP contribution in [0.1, 0.15) is 11.1 Å². The van der Waals surface area contributed by atoms with Gasteiger partial charge < -0.3 is 0 Å². The summed E-state index contributed by atoms with van der Waals surface area (Å²) in [5.41, 5.74) is 2.36. The van der Waals surface area contributed by atoms with Gasteiger partial charge in [-0.25, -0.2) is 5.10 Å². The molecule has 6 heteroatoms. The minimum absolute atomic E-state index is 0.481. The van der Waals surface area contributed by atoms with E-state index in [9.17, 15) is 0 Å². The number of benzene rings is 2. The number of nitrogens with one attached hydrogen (secondary N) is 1. The van der Waals surface area contributed by atoms with E-state index < -0.39 is 0 Å². The van der Waals surface area contributed by atoms with Gasteiger partial charge in [0, 0.05) is 12.0 Å². The first-order valence-electron chi connectivity index (χ1n) is 7.43. The molecule has 0 aliphatic rings. The fourth-order valence-electron chi connectivity index (χ4n) is 2.02. The van der Waals surface area contributed by atoms with Gasteiger partial charge in [0.25, 0.3) is 0 Å². The fraction of sp³-hybridized carbons (Fsp3) is 0.0556. The molecule has 0 radical (unpaired) electrons. The van der Waals surface area contributed by atoms with E-state index in [4.69, 9.17) is 12.2 Å². The number of nitrogens with zero attached hydrogens (tertiary/aromatic N) is 3. The van der Waals surface area contributed by atoms with Crippen LogP contribution in [0.25, 0.3) is 6.08 Å². The van der Waals surface area contributed by atoms with Gasteiger partial charge in [-0.2, -0.15) is 9.78 Å². The highest BCUT2D eigenvalue weighted by molar-refractivity contribution is 7.98. The molecule has 0 saturated heterocycles. The quantitative estimate of drug-likeness (QED) is 0.394. The van der Waals surface area contributed by atoms with Crippen molar-refractivity contribution in [3.8, 4) is 0 Å². The zero-order valence-electron chi connectivity index (χ0n) is 12.9. The molecule has 2 aromatic carbocycles. The number of thioether (sulfide) groups is 1. The molecule has 3 aromatic rings. The van der Waals surface area contributed by atoms with Crippen molar-refractivity contribution >= 4 is 36.3 Å². The summed E-state index contributed by atoms with van der Waals surface area (Å²) in [7, 11) is 0. The molecule has 0 aliphatic heterocycles. The third kappa shape index (κ3) is 4.53. The predicted octanol–water partition coefficient (Wildman–Crippen LogP) is 4.78. The molecule has 0 bridgehead atoms. The Bertz CT molecular complexity index is 880. The van der Waals surface area contributed by atoms with Gasteiger partial charge in [0.05, 0.1) is 0 Å². The van der Waals surface area contributed by atoms with Crippen molar-refractivity contribution in [1.29, 1.82) is 0 Å². The minimum Gasteiger partial charge on any atom is -0.249 e. The Balaban J connectivity index is 1.67. The molecule has 0 unspecified atom stereocenters. The Morgan fingerprint density at radius 1 is 1.08 bits per heavy atom. The molecule has 24 heavy (non-hydrogen) atoms. The Morgan fingerprint density at radius 2 is 1.79 bits per heavy atom. The van der Waals surface area contributed by atoms with Crippen LogP contribution in [0.5, 0.6) is 0 Å². The van der Waals surface area contributed by atoms with E-state index in [-0.39, 0.29) is 0 Å². The van der Waals surface area contributed by atoms with Crippen molar-refractivity contribution < 1.29 is 0 Å². The van der Waals surface area contributed by atoms with E-state index in [2.05, 4.69) is 27.4 Å². The monoisotopic (exact) mass is 352 g/mol. The van der Waals surface area contributed by atoms with Gasteiger partial charge in [0.15, 0.2) is 0 Å². The Labute approximate surface area is 149 Å². The molecule has 0 aliphatic carbocycles. The molecular weight excluding hydrogens is 336 g/mol. The molecule has 1 aromatic heterocycles. The standard InChI is InChI=1S/C18H16N4S2/c23-17-20-21-18(24-14-16-10-5-2-6-11-16)22(17)19-13-7-12-15-8-3-1-4-9-15/h1-13H,14H2,(H,20,23)/b12-7+,19-13-. The number of hydrogen-bond acceptors (Lipinski definition) is 4. The fourth-order valence-corrected chi connectivity index (χ4v) is 3.11. The summed E-state index contributed by atoms with van der Waals surface area (Å²) in [6.07, 6.45) is 5.59.